The van der Waals surface area contributed by atoms with Crippen LogP contribution in [0.1, 0.15) is 64.1 Å². The van der Waals surface area contributed by atoms with E-state index in [1.165, 1.54) is 10.9 Å². The minimum absolute atomic E-state index is 0.0806. The predicted molar refractivity (Wildman–Crippen MR) is 102 cm³/mol. The zero-order chi connectivity index (χ0) is 18.2. The summed E-state index contributed by atoms with van der Waals surface area (Å²) in [5.74, 6) is 0.452. The van der Waals surface area contributed by atoms with Crippen LogP contribution in [0, 0.1) is 0 Å². The van der Waals surface area contributed by atoms with Crippen LogP contribution in [0.5, 0.6) is 0 Å². The van der Waals surface area contributed by atoms with Gasteiger partial charge in [-0.2, -0.15) is 0 Å². The molecular weight excluding hydrogens is 312 g/mol. The largest absolute Gasteiger partial charge is 0.444 e. The van der Waals surface area contributed by atoms with Crippen molar-refractivity contribution < 1.29 is 9.53 Å². The number of hydrogen-bond donors (Lipinski definition) is 1. The van der Waals surface area contributed by atoms with Crippen LogP contribution in [0.3, 0.4) is 0 Å². The number of nitrogens with one attached hydrogen (secondary N) is 1. The van der Waals surface area contributed by atoms with Crippen molar-refractivity contribution in [2.45, 2.75) is 58.6 Å². The lowest BCUT2D eigenvalue weighted by Crippen LogP contribution is -2.40. The van der Waals surface area contributed by atoms with Gasteiger partial charge in [0.25, 0.3) is 0 Å². The van der Waals surface area contributed by atoms with Crippen LogP contribution in [-0.2, 0) is 4.74 Å². The van der Waals surface area contributed by atoms with Crippen LogP contribution < -0.4 is 0 Å². The number of amides is 1. The number of hydrogen-bond acceptors (Lipinski definition) is 2. The summed E-state index contributed by atoms with van der Waals surface area (Å²) >= 11 is 0. The average Bonchev–Trinajstić information content (AvgIpc) is 2.96. The molecule has 0 radical (unpaired) electrons. The maximum absolute atomic E-state index is 12.6. The minimum atomic E-state index is -0.488. The summed E-state index contributed by atoms with van der Waals surface area (Å²) in [7, 11) is 0. The van der Waals surface area contributed by atoms with Crippen molar-refractivity contribution in [1.82, 2.24) is 9.88 Å². The van der Waals surface area contributed by atoms with Crippen LogP contribution in [0.25, 0.3) is 10.9 Å². The molecule has 2 heterocycles. The monoisotopic (exact) mass is 340 g/mol. The summed E-state index contributed by atoms with van der Waals surface area (Å²) in [6, 6.07) is 6.33. The van der Waals surface area contributed by atoms with Gasteiger partial charge in [0.1, 0.15) is 5.60 Å². The molecule has 1 aliphatic rings. The maximum atomic E-state index is 12.6. The van der Waals surface area contributed by atoms with Gasteiger partial charge in [0, 0.05) is 23.6 Å². The topological polar surface area (TPSA) is 45.3 Å². The molecule has 134 valence electrons. The van der Waals surface area contributed by atoms with Gasteiger partial charge in [-0.3, -0.25) is 4.90 Å². The lowest BCUT2D eigenvalue weighted by atomic mass is 9.96. The first-order valence-electron chi connectivity index (χ1n) is 9.03. The number of benzene rings is 1. The van der Waals surface area contributed by atoms with Gasteiger partial charge in [-0.25, -0.2) is 4.79 Å². The third kappa shape index (κ3) is 3.73. The first-order valence-corrected chi connectivity index (χ1v) is 9.03. The molecule has 1 aromatic heterocycles. The fourth-order valence-electron chi connectivity index (χ4n) is 3.32. The highest BCUT2D eigenvalue weighted by atomic mass is 16.6. The zero-order valence-corrected chi connectivity index (χ0v) is 15.8. The number of ether oxygens (including phenoxy) is 1. The summed E-state index contributed by atoms with van der Waals surface area (Å²) in [5, 5.41) is 1.23. The van der Waals surface area contributed by atoms with Gasteiger partial charge in [0.15, 0.2) is 0 Å². The molecule has 2 aromatic rings. The van der Waals surface area contributed by atoms with Gasteiger partial charge in [-0.15, -0.1) is 0 Å². The van der Waals surface area contributed by atoms with E-state index < -0.39 is 5.60 Å². The van der Waals surface area contributed by atoms with Crippen molar-refractivity contribution in [3.63, 3.8) is 0 Å². The molecule has 3 rings (SSSR count). The van der Waals surface area contributed by atoms with Gasteiger partial charge in [-0.05, 0) is 56.4 Å². The van der Waals surface area contributed by atoms with Gasteiger partial charge in [-0.1, -0.05) is 32.1 Å². The van der Waals surface area contributed by atoms with E-state index in [1.54, 1.807) is 0 Å². The Morgan fingerprint density at radius 1 is 1.32 bits per heavy atom. The molecular formula is C21H28N2O2. The SMILES string of the molecule is CC(C)c1c[nH]c2ccc(C3C=CCCN3C(=O)OC(C)(C)C)cc12. The second-order valence-corrected chi connectivity index (χ2v) is 8.04. The van der Waals surface area contributed by atoms with Crippen molar-refractivity contribution in [1.29, 1.82) is 0 Å². The van der Waals surface area contributed by atoms with E-state index in [2.05, 4.69) is 55.4 Å². The number of aromatic amines is 1. The minimum Gasteiger partial charge on any atom is -0.444 e. The Hall–Kier alpha value is -2.23. The Bertz CT molecular complexity index is 796. The lowest BCUT2D eigenvalue weighted by Gasteiger charge is -2.34. The third-order valence-electron chi connectivity index (χ3n) is 4.52. The fourth-order valence-corrected chi connectivity index (χ4v) is 3.32. The summed E-state index contributed by atoms with van der Waals surface area (Å²) in [6.45, 7) is 10.8. The van der Waals surface area contributed by atoms with Crippen molar-refractivity contribution in [3.05, 3.63) is 47.7 Å². The lowest BCUT2D eigenvalue weighted by molar-refractivity contribution is 0.0190. The number of carbonyl (C=O) groups is 1. The molecule has 0 saturated heterocycles. The number of aromatic nitrogens is 1. The molecule has 4 nitrogen and oxygen atoms in total. The van der Waals surface area contributed by atoms with E-state index >= 15 is 0 Å². The van der Waals surface area contributed by atoms with Crippen LogP contribution in [-0.4, -0.2) is 28.1 Å². The van der Waals surface area contributed by atoms with E-state index in [1.807, 2.05) is 25.7 Å². The quantitative estimate of drug-likeness (QED) is 0.731. The van der Waals surface area contributed by atoms with Crippen molar-refractivity contribution in [2.24, 2.45) is 0 Å². The van der Waals surface area contributed by atoms with Crippen LogP contribution in [0.4, 0.5) is 4.79 Å². The number of nitrogens with zero attached hydrogens (tertiary/aromatic N) is 1. The van der Waals surface area contributed by atoms with Crippen LogP contribution in [0.15, 0.2) is 36.5 Å². The summed E-state index contributed by atoms with van der Waals surface area (Å²) in [5.41, 5.74) is 3.07. The molecule has 0 saturated carbocycles. The third-order valence-corrected chi connectivity index (χ3v) is 4.52. The second kappa shape index (κ2) is 6.58. The zero-order valence-electron chi connectivity index (χ0n) is 15.8. The van der Waals surface area contributed by atoms with Crippen molar-refractivity contribution >= 4 is 17.0 Å². The van der Waals surface area contributed by atoms with E-state index in [4.69, 9.17) is 4.74 Å². The molecule has 4 heteroatoms. The Morgan fingerprint density at radius 2 is 2.08 bits per heavy atom. The molecule has 0 spiro atoms. The van der Waals surface area contributed by atoms with Crippen molar-refractivity contribution in [2.75, 3.05) is 6.54 Å². The Kier molecular flexibility index (Phi) is 4.63. The first kappa shape index (κ1) is 17.6. The molecule has 1 unspecified atom stereocenters. The summed E-state index contributed by atoms with van der Waals surface area (Å²) in [4.78, 5) is 17.8. The Morgan fingerprint density at radius 3 is 2.76 bits per heavy atom. The van der Waals surface area contributed by atoms with Gasteiger partial charge in [0.05, 0.1) is 6.04 Å². The molecule has 0 bridgehead atoms. The fraction of sp³-hybridized carbons (Fsp3) is 0.476. The number of H-pyrrole nitrogens is 1. The van der Waals surface area contributed by atoms with Crippen LogP contribution in [0.2, 0.25) is 0 Å². The Balaban J connectivity index is 1.96. The molecule has 25 heavy (non-hydrogen) atoms. The van der Waals surface area contributed by atoms with Gasteiger partial charge in [0.2, 0.25) is 0 Å². The maximum Gasteiger partial charge on any atom is 0.411 e. The highest BCUT2D eigenvalue weighted by Crippen LogP contribution is 2.32. The summed E-state index contributed by atoms with van der Waals surface area (Å²) in [6.07, 6.45) is 6.95. The van der Waals surface area contributed by atoms with Crippen LogP contribution >= 0.6 is 0 Å². The first-order chi connectivity index (χ1) is 11.8. The van der Waals surface area contributed by atoms with Gasteiger partial charge >= 0.3 is 6.09 Å². The normalized spacial score (nSPS) is 18.2. The molecule has 1 aliphatic heterocycles. The predicted octanol–water partition coefficient (Wildman–Crippen LogP) is 5.53. The number of fused-ring (bicyclic) bond motifs is 1. The molecule has 1 aromatic carbocycles. The standard InChI is InChI=1S/C21H28N2O2/c1-14(2)17-13-22-18-10-9-15(12-16(17)18)19-8-6-7-11-23(19)20(24)25-21(3,4)5/h6,8-10,12-14,19,22H,7,11H2,1-5H3. The van der Waals surface area contributed by atoms with E-state index in [0.717, 1.165) is 17.5 Å². The average molecular weight is 340 g/mol. The van der Waals surface area contributed by atoms with Gasteiger partial charge < -0.3 is 9.72 Å². The van der Waals surface area contributed by atoms with E-state index in [0.29, 0.717) is 12.5 Å². The molecule has 0 fully saturated rings. The number of rotatable bonds is 2. The summed E-state index contributed by atoms with van der Waals surface area (Å²) < 4.78 is 5.61. The molecule has 0 aliphatic carbocycles. The highest BCUT2D eigenvalue weighted by molar-refractivity contribution is 5.84. The molecule has 1 amide bonds. The second-order valence-electron chi connectivity index (χ2n) is 8.04. The highest BCUT2D eigenvalue weighted by Gasteiger charge is 2.29. The van der Waals surface area contributed by atoms with Crippen molar-refractivity contribution in [3.8, 4) is 0 Å². The van der Waals surface area contributed by atoms with E-state index in [-0.39, 0.29) is 12.1 Å². The Labute approximate surface area is 149 Å². The number of carbonyl (C=O) groups excluding carboxylic acids is 1. The molecule has 1 N–H and O–H groups in total. The van der Waals surface area contributed by atoms with E-state index in [9.17, 15) is 4.79 Å². The smallest absolute Gasteiger partial charge is 0.411 e. The molecule has 1 atom stereocenters.